The molecule has 1 fully saturated rings. The van der Waals surface area contributed by atoms with Crippen LogP contribution < -0.4 is 11.1 Å². The largest absolute Gasteiger partial charge is 0.352 e. The average Bonchev–Trinajstić information content (AvgIpc) is 2.70. The summed E-state index contributed by atoms with van der Waals surface area (Å²) in [5.74, 6) is 0.958. The standard InChI is InChI=1S/C15H26N4O/c1-10-14(11(2)19(3)18-10)9-17-15(20)13-6-4-12(8-16)5-7-13/h12-13H,4-9,16H2,1-3H3,(H,17,20). The number of amides is 1. The molecule has 0 aromatic carbocycles. The second-order valence-electron chi connectivity index (χ2n) is 5.94. The highest BCUT2D eigenvalue weighted by molar-refractivity contribution is 5.78. The normalized spacial score (nSPS) is 22.8. The van der Waals surface area contributed by atoms with Crippen LogP contribution in [0.25, 0.3) is 0 Å². The minimum absolute atomic E-state index is 0.162. The van der Waals surface area contributed by atoms with E-state index in [1.165, 1.54) is 0 Å². The molecule has 0 spiro atoms. The Labute approximate surface area is 120 Å². The lowest BCUT2D eigenvalue weighted by Crippen LogP contribution is -2.34. The van der Waals surface area contributed by atoms with E-state index in [0.717, 1.165) is 49.2 Å². The predicted molar refractivity (Wildman–Crippen MR) is 79.0 cm³/mol. The van der Waals surface area contributed by atoms with E-state index in [1.807, 2.05) is 25.6 Å². The van der Waals surface area contributed by atoms with Crippen molar-refractivity contribution in [3.05, 3.63) is 17.0 Å². The molecular formula is C15H26N4O. The lowest BCUT2D eigenvalue weighted by Gasteiger charge is -2.26. The summed E-state index contributed by atoms with van der Waals surface area (Å²) in [6.07, 6.45) is 4.11. The third-order valence-corrected chi connectivity index (χ3v) is 4.65. The SMILES string of the molecule is Cc1nn(C)c(C)c1CNC(=O)C1CCC(CN)CC1. The molecule has 5 nitrogen and oxygen atoms in total. The van der Waals surface area contributed by atoms with Crippen molar-refractivity contribution in [2.45, 2.75) is 46.1 Å². The lowest BCUT2D eigenvalue weighted by molar-refractivity contribution is -0.126. The number of hydrogen-bond acceptors (Lipinski definition) is 3. The Balaban J connectivity index is 1.86. The number of nitrogens with zero attached hydrogens (tertiary/aromatic N) is 2. The summed E-state index contributed by atoms with van der Waals surface area (Å²) in [7, 11) is 1.93. The fourth-order valence-corrected chi connectivity index (χ4v) is 3.05. The Bertz CT molecular complexity index is 472. The molecule has 0 aliphatic heterocycles. The van der Waals surface area contributed by atoms with Crippen molar-refractivity contribution in [1.82, 2.24) is 15.1 Å². The van der Waals surface area contributed by atoms with E-state index in [2.05, 4.69) is 10.4 Å². The molecule has 1 aliphatic carbocycles. The van der Waals surface area contributed by atoms with Crippen LogP contribution in [0.1, 0.15) is 42.6 Å². The minimum atomic E-state index is 0.162. The van der Waals surface area contributed by atoms with E-state index >= 15 is 0 Å². The van der Waals surface area contributed by atoms with Crippen molar-refractivity contribution in [3.8, 4) is 0 Å². The maximum absolute atomic E-state index is 12.2. The molecule has 1 aromatic rings. The van der Waals surface area contributed by atoms with Gasteiger partial charge in [-0.05, 0) is 52.0 Å². The highest BCUT2D eigenvalue weighted by Crippen LogP contribution is 2.28. The van der Waals surface area contributed by atoms with Crippen LogP contribution in [0.15, 0.2) is 0 Å². The first-order chi connectivity index (χ1) is 9.52. The van der Waals surface area contributed by atoms with Gasteiger partial charge in [0.15, 0.2) is 0 Å². The molecule has 0 bridgehead atoms. The molecule has 0 radical (unpaired) electrons. The molecule has 0 unspecified atom stereocenters. The molecule has 0 saturated heterocycles. The van der Waals surface area contributed by atoms with Crippen molar-refractivity contribution >= 4 is 5.91 Å². The number of rotatable bonds is 4. The molecule has 2 rings (SSSR count). The highest BCUT2D eigenvalue weighted by Gasteiger charge is 2.25. The zero-order chi connectivity index (χ0) is 14.7. The zero-order valence-electron chi connectivity index (χ0n) is 12.8. The summed E-state index contributed by atoms with van der Waals surface area (Å²) in [6, 6.07) is 0. The topological polar surface area (TPSA) is 72.9 Å². The Morgan fingerprint density at radius 2 is 2.00 bits per heavy atom. The van der Waals surface area contributed by atoms with Crippen LogP contribution in [0, 0.1) is 25.7 Å². The van der Waals surface area contributed by atoms with Crippen molar-refractivity contribution in [3.63, 3.8) is 0 Å². The Hall–Kier alpha value is -1.36. The molecule has 0 atom stereocenters. The van der Waals surface area contributed by atoms with Gasteiger partial charge < -0.3 is 11.1 Å². The first kappa shape index (κ1) is 15.0. The van der Waals surface area contributed by atoms with Gasteiger partial charge in [-0.2, -0.15) is 5.10 Å². The second-order valence-corrected chi connectivity index (χ2v) is 5.94. The fraction of sp³-hybridized carbons (Fsp3) is 0.733. The van der Waals surface area contributed by atoms with Gasteiger partial charge in [-0.3, -0.25) is 9.48 Å². The van der Waals surface area contributed by atoms with Crippen LogP contribution in [0.2, 0.25) is 0 Å². The number of nitrogens with two attached hydrogens (primary N) is 1. The Kier molecular flexibility index (Phi) is 4.81. The van der Waals surface area contributed by atoms with Gasteiger partial charge in [0, 0.05) is 30.8 Å². The summed E-state index contributed by atoms with van der Waals surface area (Å²) in [5.41, 5.74) is 8.94. The van der Waals surface area contributed by atoms with Crippen LogP contribution in [-0.2, 0) is 18.4 Å². The highest BCUT2D eigenvalue weighted by atomic mass is 16.1. The number of hydrogen-bond donors (Lipinski definition) is 2. The van der Waals surface area contributed by atoms with E-state index in [9.17, 15) is 4.79 Å². The van der Waals surface area contributed by atoms with Crippen molar-refractivity contribution < 1.29 is 4.79 Å². The van der Waals surface area contributed by atoms with Crippen molar-refractivity contribution in [1.29, 1.82) is 0 Å². The van der Waals surface area contributed by atoms with Gasteiger partial charge in [-0.25, -0.2) is 0 Å². The van der Waals surface area contributed by atoms with Crippen LogP contribution >= 0.6 is 0 Å². The van der Waals surface area contributed by atoms with Gasteiger partial charge in [-0.15, -0.1) is 0 Å². The third kappa shape index (κ3) is 3.20. The van der Waals surface area contributed by atoms with E-state index in [-0.39, 0.29) is 11.8 Å². The van der Waals surface area contributed by atoms with Gasteiger partial charge in [-0.1, -0.05) is 0 Å². The van der Waals surface area contributed by atoms with Crippen LogP contribution in [0.3, 0.4) is 0 Å². The number of aromatic nitrogens is 2. The maximum Gasteiger partial charge on any atom is 0.223 e. The van der Waals surface area contributed by atoms with E-state index < -0.39 is 0 Å². The van der Waals surface area contributed by atoms with Crippen LogP contribution in [0.5, 0.6) is 0 Å². The predicted octanol–water partition coefficient (Wildman–Crippen LogP) is 1.42. The molecule has 1 aromatic heterocycles. The molecule has 5 heteroatoms. The quantitative estimate of drug-likeness (QED) is 0.875. The fourth-order valence-electron chi connectivity index (χ4n) is 3.05. The molecule has 112 valence electrons. The third-order valence-electron chi connectivity index (χ3n) is 4.65. The van der Waals surface area contributed by atoms with Crippen LogP contribution in [-0.4, -0.2) is 22.2 Å². The van der Waals surface area contributed by atoms with Gasteiger partial charge in [0.2, 0.25) is 5.91 Å². The monoisotopic (exact) mass is 278 g/mol. The van der Waals surface area contributed by atoms with E-state index in [4.69, 9.17) is 5.73 Å². The van der Waals surface area contributed by atoms with Gasteiger partial charge in [0.25, 0.3) is 0 Å². The van der Waals surface area contributed by atoms with Gasteiger partial charge in [0.05, 0.1) is 5.69 Å². The number of carbonyl (C=O) groups excluding carboxylic acids is 1. The smallest absolute Gasteiger partial charge is 0.223 e. The summed E-state index contributed by atoms with van der Waals surface area (Å²) in [5, 5.41) is 7.45. The average molecular weight is 278 g/mol. The van der Waals surface area contributed by atoms with Crippen molar-refractivity contribution in [2.24, 2.45) is 24.6 Å². The maximum atomic E-state index is 12.2. The molecule has 1 aliphatic rings. The Morgan fingerprint density at radius 3 is 2.50 bits per heavy atom. The second kappa shape index (κ2) is 6.39. The van der Waals surface area contributed by atoms with Crippen LogP contribution in [0.4, 0.5) is 0 Å². The molecule has 1 amide bonds. The van der Waals surface area contributed by atoms with E-state index in [1.54, 1.807) is 0 Å². The molecule has 1 heterocycles. The molecule has 20 heavy (non-hydrogen) atoms. The number of nitrogens with one attached hydrogen (secondary N) is 1. The molecular weight excluding hydrogens is 252 g/mol. The first-order valence-corrected chi connectivity index (χ1v) is 7.49. The first-order valence-electron chi connectivity index (χ1n) is 7.49. The zero-order valence-corrected chi connectivity index (χ0v) is 12.8. The number of aryl methyl sites for hydroxylation is 2. The van der Waals surface area contributed by atoms with Crippen molar-refractivity contribution in [2.75, 3.05) is 6.54 Å². The van der Waals surface area contributed by atoms with Gasteiger partial charge in [0.1, 0.15) is 0 Å². The summed E-state index contributed by atoms with van der Waals surface area (Å²) in [6.45, 7) is 5.36. The summed E-state index contributed by atoms with van der Waals surface area (Å²) >= 11 is 0. The minimum Gasteiger partial charge on any atom is -0.352 e. The van der Waals surface area contributed by atoms with Gasteiger partial charge >= 0.3 is 0 Å². The lowest BCUT2D eigenvalue weighted by atomic mass is 9.81. The summed E-state index contributed by atoms with van der Waals surface area (Å²) in [4.78, 5) is 12.2. The Morgan fingerprint density at radius 1 is 1.35 bits per heavy atom. The number of carbonyl (C=O) groups is 1. The summed E-state index contributed by atoms with van der Waals surface area (Å²) < 4.78 is 1.86. The molecule has 1 saturated carbocycles. The van der Waals surface area contributed by atoms with E-state index in [0.29, 0.717) is 12.5 Å². The molecule has 3 N–H and O–H groups in total.